The van der Waals surface area contributed by atoms with Gasteiger partial charge in [-0.05, 0) is 36.8 Å². The monoisotopic (exact) mass is 193 g/mol. The molecule has 0 N–H and O–H groups in total. The molecule has 1 aliphatic heterocycles. The van der Waals surface area contributed by atoms with Crippen LogP contribution in [0.4, 0.5) is 0 Å². The van der Waals surface area contributed by atoms with Gasteiger partial charge in [0.15, 0.2) is 0 Å². The molecule has 0 saturated carbocycles. The summed E-state index contributed by atoms with van der Waals surface area (Å²) in [4.78, 5) is 0. The van der Waals surface area contributed by atoms with Crippen molar-refractivity contribution in [1.82, 2.24) is 0 Å². The quantitative estimate of drug-likeness (QED) is 0.730. The number of thioether (sulfide) groups is 1. The number of rotatable bonds is 3. The van der Waals surface area contributed by atoms with E-state index in [0.29, 0.717) is 5.25 Å². The highest BCUT2D eigenvalue weighted by Crippen LogP contribution is 2.26. The van der Waals surface area contributed by atoms with Crippen LogP contribution in [0.5, 0.6) is 5.75 Å². The molecule has 1 aromatic rings. The summed E-state index contributed by atoms with van der Waals surface area (Å²) in [5, 5.41) is 0.712. The van der Waals surface area contributed by atoms with Crippen LogP contribution in [0.1, 0.15) is 12.8 Å². The Morgan fingerprint density at radius 1 is 1.46 bits per heavy atom. The standard InChI is InChI=1S/C11H13OS/c1-2-5-10(6-3-1)12-9-11-7-4-8-13-11/h2-3,5-6,11H,4,7-9H2. The molecular weight excluding hydrogens is 180 g/mol. The van der Waals surface area contributed by atoms with Crippen LogP contribution in [-0.4, -0.2) is 17.6 Å². The summed E-state index contributed by atoms with van der Waals surface area (Å²) in [6.07, 6.45) is 2.66. The van der Waals surface area contributed by atoms with E-state index >= 15 is 0 Å². The molecule has 1 radical (unpaired) electrons. The molecule has 1 aliphatic rings. The molecule has 0 spiro atoms. The lowest BCUT2D eigenvalue weighted by Gasteiger charge is -2.10. The molecule has 1 nitrogen and oxygen atoms in total. The molecule has 1 fully saturated rings. The Bertz CT molecular complexity index is 242. The van der Waals surface area contributed by atoms with E-state index in [0.717, 1.165) is 12.4 Å². The Balaban J connectivity index is 1.79. The first-order valence-corrected chi connectivity index (χ1v) is 5.70. The van der Waals surface area contributed by atoms with Crippen molar-refractivity contribution in [3.63, 3.8) is 0 Å². The van der Waals surface area contributed by atoms with Crippen molar-refractivity contribution < 1.29 is 4.74 Å². The van der Waals surface area contributed by atoms with E-state index in [1.54, 1.807) is 0 Å². The van der Waals surface area contributed by atoms with Crippen LogP contribution in [0, 0.1) is 6.07 Å². The van der Waals surface area contributed by atoms with Crippen molar-refractivity contribution in [2.24, 2.45) is 0 Å². The van der Waals surface area contributed by atoms with Crippen molar-refractivity contribution in [3.8, 4) is 5.75 Å². The summed E-state index contributed by atoms with van der Waals surface area (Å²) in [7, 11) is 0. The lowest BCUT2D eigenvalue weighted by Crippen LogP contribution is -2.10. The van der Waals surface area contributed by atoms with Gasteiger partial charge < -0.3 is 4.74 Å². The molecule has 0 aliphatic carbocycles. The average Bonchev–Trinajstić information content (AvgIpc) is 2.69. The number of benzene rings is 1. The SMILES string of the molecule is [c]1ccc(OCC2CCCS2)cc1. The highest BCUT2D eigenvalue weighted by molar-refractivity contribution is 8.00. The third-order valence-corrected chi connectivity index (χ3v) is 3.52. The van der Waals surface area contributed by atoms with Crippen LogP contribution in [0.2, 0.25) is 0 Å². The van der Waals surface area contributed by atoms with Gasteiger partial charge in [-0.15, -0.1) is 0 Å². The fourth-order valence-electron chi connectivity index (χ4n) is 1.43. The molecule has 0 bridgehead atoms. The van der Waals surface area contributed by atoms with Gasteiger partial charge in [0.1, 0.15) is 12.4 Å². The van der Waals surface area contributed by atoms with Gasteiger partial charge in [-0.25, -0.2) is 0 Å². The summed E-state index contributed by atoms with van der Waals surface area (Å²) in [5.41, 5.74) is 0. The molecular formula is C11H13OS. The lowest BCUT2D eigenvalue weighted by atomic mass is 10.3. The molecule has 1 aromatic carbocycles. The summed E-state index contributed by atoms with van der Waals surface area (Å²) < 4.78 is 5.65. The highest BCUT2D eigenvalue weighted by atomic mass is 32.2. The Kier molecular flexibility index (Phi) is 3.14. The fraction of sp³-hybridized carbons (Fsp3) is 0.455. The molecule has 2 heteroatoms. The normalized spacial score (nSPS) is 21.7. The van der Waals surface area contributed by atoms with E-state index in [4.69, 9.17) is 4.74 Å². The van der Waals surface area contributed by atoms with Crippen molar-refractivity contribution >= 4 is 11.8 Å². The second-order valence-electron chi connectivity index (χ2n) is 3.18. The van der Waals surface area contributed by atoms with Crippen molar-refractivity contribution in [2.45, 2.75) is 18.1 Å². The van der Waals surface area contributed by atoms with Gasteiger partial charge in [-0.1, -0.05) is 12.1 Å². The molecule has 1 heterocycles. The van der Waals surface area contributed by atoms with Gasteiger partial charge >= 0.3 is 0 Å². The van der Waals surface area contributed by atoms with Crippen LogP contribution < -0.4 is 4.74 Å². The van der Waals surface area contributed by atoms with Crippen molar-refractivity contribution in [3.05, 3.63) is 30.3 Å². The third-order valence-electron chi connectivity index (χ3n) is 2.15. The predicted molar refractivity (Wildman–Crippen MR) is 56.3 cm³/mol. The largest absolute Gasteiger partial charge is 0.492 e. The summed E-state index contributed by atoms with van der Waals surface area (Å²) in [6, 6.07) is 10.7. The Labute approximate surface area is 83.5 Å². The second-order valence-corrected chi connectivity index (χ2v) is 4.59. The molecule has 69 valence electrons. The molecule has 2 rings (SSSR count). The van der Waals surface area contributed by atoms with Crippen LogP contribution in [-0.2, 0) is 0 Å². The topological polar surface area (TPSA) is 9.23 Å². The van der Waals surface area contributed by atoms with E-state index in [1.807, 2.05) is 36.0 Å². The summed E-state index contributed by atoms with van der Waals surface area (Å²) in [6.45, 7) is 0.856. The minimum Gasteiger partial charge on any atom is -0.492 e. The van der Waals surface area contributed by atoms with E-state index in [9.17, 15) is 0 Å². The third kappa shape index (κ3) is 2.66. The fourth-order valence-corrected chi connectivity index (χ4v) is 2.60. The summed E-state index contributed by atoms with van der Waals surface area (Å²) >= 11 is 2.03. The smallest absolute Gasteiger partial charge is 0.119 e. The minimum atomic E-state index is 0.712. The molecule has 13 heavy (non-hydrogen) atoms. The lowest BCUT2D eigenvalue weighted by molar-refractivity contribution is 0.315. The predicted octanol–water partition coefficient (Wildman–Crippen LogP) is 2.76. The number of hydrogen-bond donors (Lipinski definition) is 0. The van der Waals surface area contributed by atoms with Crippen LogP contribution in [0.3, 0.4) is 0 Å². The van der Waals surface area contributed by atoms with E-state index in [-0.39, 0.29) is 0 Å². The molecule has 0 aromatic heterocycles. The number of ether oxygens (including phenoxy) is 1. The maximum absolute atomic E-state index is 5.65. The zero-order valence-corrected chi connectivity index (χ0v) is 8.35. The average molecular weight is 193 g/mol. The Morgan fingerprint density at radius 2 is 2.31 bits per heavy atom. The van der Waals surface area contributed by atoms with Gasteiger partial charge in [0.25, 0.3) is 0 Å². The van der Waals surface area contributed by atoms with Crippen LogP contribution >= 0.6 is 11.8 Å². The second kappa shape index (κ2) is 4.56. The van der Waals surface area contributed by atoms with Crippen molar-refractivity contribution in [1.29, 1.82) is 0 Å². The Morgan fingerprint density at radius 3 is 3.00 bits per heavy atom. The van der Waals surface area contributed by atoms with Gasteiger partial charge in [-0.3, -0.25) is 0 Å². The molecule has 1 atom stereocenters. The summed E-state index contributed by atoms with van der Waals surface area (Å²) in [5.74, 6) is 2.27. The molecule has 0 amide bonds. The first kappa shape index (κ1) is 8.95. The van der Waals surface area contributed by atoms with E-state index < -0.39 is 0 Å². The maximum Gasteiger partial charge on any atom is 0.119 e. The maximum atomic E-state index is 5.65. The first-order chi connectivity index (χ1) is 6.45. The molecule has 1 saturated heterocycles. The minimum absolute atomic E-state index is 0.712. The van der Waals surface area contributed by atoms with Crippen LogP contribution in [0.15, 0.2) is 24.3 Å². The zero-order chi connectivity index (χ0) is 8.93. The van der Waals surface area contributed by atoms with E-state index in [2.05, 4.69) is 6.07 Å². The van der Waals surface area contributed by atoms with Crippen LogP contribution in [0.25, 0.3) is 0 Å². The number of hydrogen-bond acceptors (Lipinski definition) is 2. The first-order valence-electron chi connectivity index (χ1n) is 4.66. The van der Waals surface area contributed by atoms with Crippen molar-refractivity contribution in [2.75, 3.05) is 12.4 Å². The van der Waals surface area contributed by atoms with Gasteiger partial charge in [0.05, 0.1) is 0 Å². The van der Waals surface area contributed by atoms with E-state index in [1.165, 1.54) is 18.6 Å². The Hall–Kier alpha value is -0.630. The van der Waals surface area contributed by atoms with Gasteiger partial charge in [0, 0.05) is 5.25 Å². The van der Waals surface area contributed by atoms with Gasteiger partial charge in [-0.2, -0.15) is 11.8 Å². The zero-order valence-electron chi connectivity index (χ0n) is 7.53. The molecule has 1 unspecified atom stereocenters. The highest BCUT2D eigenvalue weighted by Gasteiger charge is 2.15. The van der Waals surface area contributed by atoms with Gasteiger partial charge in [0.2, 0.25) is 0 Å².